The molecule has 0 bridgehead atoms. The Morgan fingerprint density at radius 2 is 1.96 bits per heavy atom. The first-order valence-electron chi connectivity index (χ1n) is 7.16. The van der Waals surface area contributed by atoms with E-state index >= 15 is 0 Å². The van der Waals surface area contributed by atoms with E-state index in [1.54, 1.807) is 6.07 Å². The Kier molecular flexibility index (Phi) is 4.37. The number of aromatic nitrogens is 1. The van der Waals surface area contributed by atoms with Crippen molar-refractivity contribution in [2.75, 3.05) is 31.1 Å². The third kappa shape index (κ3) is 3.53. The number of hydrogen-bond acceptors (Lipinski definition) is 4. The molecule has 0 amide bonds. The first-order chi connectivity index (χ1) is 10.8. The maximum atomic E-state index is 12.4. The van der Waals surface area contributed by atoms with Gasteiger partial charge in [0.25, 0.3) is 0 Å². The lowest BCUT2D eigenvalue weighted by Gasteiger charge is -2.31. The van der Waals surface area contributed by atoms with Crippen molar-refractivity contribution in [3.8, 4) is 5.75 Å². The van der Waals surface area contributed by atoms with Crippen LogP contribution >= 0.6 is 15.9 Å². The van der Waals surface area contributed by atoms with E-state index in [1.807, 2.05) is 6.92 Å². The SMILES string of the molecule is Cc1nc2cc(OC(F)(F)F)ccc2c(N2CCNCC2)c1Br. The molecule has 1 saturated heterocycles. The van der Waals surface area contributed by atoms with E-state index in [9.17, 15) is 13.2 Å². The topological polar surface area (TPSA) is 37.4 Å². The average molecular weight is 390 g/mol. The predicted octanol–water partition coefficient (Wildman–Crippen LogP) is 3.61. The summed E-state index contributed by atoms with van der Waals surface area (Å²) in [6.45, 7) is 5.22. The first kappa shape index (κ1) is 16.3. The zero-order valence-corrected chi connectivity index (χ0v) is 14.0. The molecule has 4 nitrogen and oxygen atoms in total. The lowest BCUT2D eigenvalue weighted by Crippen LogP contribution is -2.43. The van der Waals surface area contributed by atoms with Crippen LogP contribution in [0, 0.1) is 6.92 Å². The summed E-state index contributed by atoms with van der Waals surface area (Å²) < 4.78 is 42.0. The Hall–Kier alpha value is -1.54. The van der Waals surface area contributed by atoms with E-state index < -0.39 is 6.36 Å². The third-order valence-electron chi connectivity index (χ3n) is 3.70. The number of ether oxygens (including phenoxy) is 1. The zero-order chi connectivity index (χ0) is 16.6. The van der Waals surface area contributed by atoms with Gasteiger partial charge in [0.05, 0.1) is 21.4 Å². The van der Waals surface area contributed by atoms with Gasteiger partial charge in [-0.3, -0.25) is 4.98 Å². The zero-order valence-electron chi connectivity index (χ0n) is 12.4. The summed E-state index contributed by atoms with van der Waals surface area (Å²) in [6, 6.07) is 4.28. The molecule has 1 aliphatic rings. The number of nitrogens with one attached hydrogen (secondary N) is 1. The predicted molar refractivity (Wildman–Crippen MR) is 85.9 cm³/mol. The lowest BCUT2D eigenvalue weighted by molar-refractivity contribution is -0.274. The van der Waals surface area contributed by atoms with E-state index in [1.165, 1.54) is 12.1 Å². The number of anilines is 1. The molecular formula is C15H15BrF3N3O. The Bertz CT molecular complexity index is 730. The second-order valence-corrected chi connectivity index (χ2v) is 6.12. The Balaban J connectivity index is 2.09. The van der Waals surface area contributed by atoms with Crippen molar-refractivity contribution < 1.29 is 17.9 Å². The van der Waals surface area contributed by atoms with Gasteiger partial charge in [0.2, 0.25) is 0 Å². The summed E-state index contributed by atoms with van der Waals surface area (Å²) in [5.41, 5.74) is 2.18. The molecule has 2 heterocycles. The average Bonchev–Trinajstić information content (AvgIpc) is 2.48. The fourth-order valence-electron chi connectivity index (χ4n) is 2.72. The van der Waals surface area contributed by atoms with Gasteiger partial charge in [0.15, 0.2) is 0 Å². The molecule has 2 aromatic rings. The van der Waals surface area contributed by atoms with Crippen LogP contribution in [0.1, 0.15) is 5.69 Å². The van der Waals surface area contributed by atoms with Crippen molar-refractivity contribution in [1.82, 2.24) is 10.3 Å². The molecule has 1 aromatic heterocycles. The van der Waals surface area contributed by atoms with E-state index in [0.717, 1.165) is 47.4 Å². The Labute approximate surface area is 139 Å². The molecule has 0 spiro atoms. The molecule has 1 aliphatic heterocycles. The van der Waals surface area contributed by atoms with Gasteiger partial charge in [-0.05, 0) is 35.0 Å². The largest absolute Gasteiger partial charge is 0.573 e. The van der Waals surface area contributed by atoms with E-state index in [0.29, 0.717) is 5.52 Å². The summed E-state index contributed by atoms with van der Waals surface area (Å²) in [5.74, 6) is -0.259. The standard InChI is InChI=1S/C15H15BrF3N3O/c1-9-13(16)14(22-6-4-20-5-7-22)11-3-2-10(8-12(11)21-9)23-15(17,18)19/h2-3,8,20H,4-7H2,1H3. The minimum Gasteiger partial charge on any atom is -0.406 e. The van der Waals surface area contributed by atoms with Gasteiger partial charge in [-0.1, -0.05) is 0 Å². The smallest absolute Gasteiger partial charge is 0.406 e. The molecule has 0 saturated carbocycles. The molecule has 1 N–H and O–H groups in total. The highest BCUT2D eigenvalue weighted by molar-refractivity contribution is 9.10. The third-order valence-corrected chi connectivity index (χ3v) is 4.65. The van der Waals surface area contributed by atoms with Crippen molar-refractivity contribution in [3.05, 3.63) is 28.4 Å². The molecule has 0 atom stereocenters. The number of aryl methyl sites for hydroxylation is 1. The number of alkyl halides is 3. The second-order valence-electron chi connectivity index (χ2n) is 5.32. The highest BCUT2D eigenvalue weighted by atomic mass is 79.9. The van der Waals surface area contributed by atoms with Gasteiger partial charge in [-0.15, -0.1) is 13.2 Å². The molecule has 3 rings (SSSR count). The summed E-state index contributed by atoms with van der Waals surface area (Å²) in [5, 5.41) is 4.09. The van der Waals surface area contributed by atoms with E-state index in [2.05, 4.69) is 35.9 Å². The van der Waals surface area contributed by atoms with Crippen LogP contribution in [0.5, 0.6) is 5.75 Å². The Morgan fingerprint density at radius 3 is 2.61 bits per heavy atom. The van der Waals surface area contributed by atoms with Crippen molar-refractivity contribution in [1.29, 1.82) is 0 Å². The van der Waals surface area contributed by atoms with Crippen LogP contribution < -0.4 is 15.0 Å². The van der Waals surface area contributed by atoms with Crippen LogP contribution in [0.4, 0.5) is 18.9 Å². The maximum absolute atomic E-state index is 12.4. The number of rotatable bonds is 2. The maximum Gasteiger partial charge on any atom is 0.573 e. The van der Waals surface area contributed by atoms with Gasteiger partial charge in [-0.2, -0.15) is 0 Å². The minimum absolute atomic E-state index is 0.259. The monoisotopic (exact) mass is 389 g/mol. The second kappa shape index (κ2) is 6.16. The molecular weight excluding hydrogens is 375 g/mol. The number of pyridine rings is 1. The number of benzene rings is 1. The van der Waals surface area contributed by atoms with Crippen molar-refractivity contribution in [2.45, 2.75) is 13.3 Å². The van der Waals surface area contributed by atoms with E-state index in [4.69, 9.17) is 0 Å². The molecule has 0 unspecified atom stereocenters. The van der Waals surface area contributed by atoms with Crippen LogP contribution in [-0.2, 0) is 0 Å². The molecule has 124 valence electrons. The van der Waals surface area contributed by atoms with Crippen LogP contribution in [0.2, 0.25) is 0 Å². The molecule has 23 heavy (non-hydrogen) atoms. The summed E-state index contributed by atoms with van der Waals surface area (Å²) in [4.78, 5) is 6.60. The fraction of sp³-hybridized carbons (Fsp3) is 0.400. The van der Waals surface area contributed by atoms with Gasteiger partial charge >= 0.3 is 6.36 Å². The summed E-state index contributed by atoms with van der Waals surface area (Å²) in [7, 11) is 0. The highest BCUT2D eigenvalue weighted by Crippen LogP contribution is 2.37. The molecule has 1 fully saturated rings. The number of fused-ring (bicyclic) bond motifs is 1. The molecule has 0 aliphatic carbocycles. The van der Waals surface area contributed by atoms with Crippen molar-refractivity contribution in [2.24, 2.45) is 0 Å². The summed E-state index contributed by atoms with van der Waals surface area (Å²) >= 11 is 3.57. The highest BCUT2D eigenvalue weighted by Gasteiger charge is 2.31. The van der Waals surface area contributed by atoms with Gasteiger partial charge in [-0.25, -0.2) is 0 Å². The number of nitrogens with zero attached hydrogens (tertiary/aromatic N) is 2. The number of hydrogen-bond donors (Lipinski definition) is 1. The summed E-state index contributed by atoms with van der Waals surface area (Å²) in [6.07, 6.45) is -4.71. The van der Waals surface area contributed by atoms with Crippen molar-refractivity contribution in [3.63, 3.8) is 0 Å². The molecule has 0 radical (unpaired) electrons. The van der Waals surface area contributed by atoms with Crippen LogP contribution in [0.25, 0.3) is 10.9 Å². The fourth-order valence-corrected chi connectivity index (χ4v) is 3.27. The van der Waals surface area contributed by atoms with Crippen molar-refractivity contribution >= 4 is 32.5 Å². The minimum atomic E-state index is -4.71. The normalized spacial score (nSPS) is 16.0. The first-order valence-corrected chi connectivity index (χ1v) is 7.96. The number of piperazine rings is 1. The Morgan fingerprint density at radius 1 is 1.26 bits per heavy atom. The molecule has 8 heteroatoms. The van der Waals surface area contributed by atoms with Gasteiger partial charge in [0, 0.05) is 37.6 Å². The van der Waals surface area contributed by atoms with Crippen LogP contribution in [0.15, 0.2) is 22.7 Å². The lowest BCUT2D eigenvalue weighted by atomic mass is 10.1. The van der Waals surface area contributed by atoms with Crippen LogP contribution in [0.3, 0.4) is 0 Å². The van der Waals surface area contributed by atoms with E-state index in [-0.39, 0.29) is 5.75 Å². The quantitative estimate of drug-likeness (QED) is 0.850. The van der Waals surface area contributed by atoms with Gasteiger partial charge < -0.3 is 15.0 Å². The van der Waals surface area contributed by atoms with Gasteiger partial charge in [0.1, 0.15) is 5.75 Å². The molecule has 1 aromatic carbocycles. The van der Waals surface area contributed by atoms with Crippen LogP contribution in [-0.4, -0.2) is 37.5 Å². The number of halogens is 4.